The summed E-state index contributed by atoms with van der Waals surface area (Å²) < 4.78 is 14.1. The number of pyridine rings is 1. The quantitative estimate of drug-likeness (QED) is 0.295. The highest BCUT2D eigenvalue weighted by Gasteiger charge is 2.18. The van der Waals surface area contributed by atoms with Crippen molar-refractivity contribution in [2.24, 2.45) is 0 Å². The van der Waals surface area contributed by atoms with E-state index in [1.807, 2.05) is 50.5 Å². The zero-order valence-corrected chi connectivity index (χ0v) is 22.7. The molecule has 1 aliphatic heterocycles. The second-order valence-electron chi connectivity index (χ2n) is 9.01. The first-order valence-electron chi connectivity index (χ1n) is 12.4. The Kier molecular flexibility index (Phi) is 9.27. The van der Waals surface area contributed by atoms with Crippen LogP contribution in [0.4, 0.5) is 17.1 Å². The Balaban J connectivity index is 1.25. The molecule has 9 heteroatoms. The van der Waals surface area contributed by atoms with Crippen LogP contribution >= 0.6 is 11.9 Å². The molecule has 2 aromatic carbocycles. The van der Waals surface area contributed by atoms with E-state index in [4.69, 9.17) is 9.47 Å². The molecule has 2 heterocycles. The molecule has 1 aliphatic rings. The Bertz CT molecular complexity index is 1150. The van der Waals surface area contributed by atoms with Crippen molar-refractivity contribution in [2.75, 3.05) is 55.5 Å². The van der Waals surface area contributed by atoms with Crippen LogP contribution in [0, 0.1) is 13.8 Å². The van der Waals surface area contributed by atoms with Crippen LogP contribution in [-0.4, -0.2) is 57.5 Å². The van der Waals surface area contributed by atoms with E-state index in [9.17, 15) is 4.79 Å². The molecule has 1 aromatic heterocycles. The number of hydrogen-bond acceptors (Lipinski definition) is 8. The summed E-state index contributed by atoms with van der Waals surface area (Å²) in [5, 5.41) is 2.98. The van der Waals surface area contributed by atoms with Gasteiger partial charge in [0.2, 0.25) is 5.91 Å². The SMILES string of the molecule is COc1cc(C)c(SNC(CC(=O)Nc2ccc(N3CCN(c4ccncc4)CC3)cc2)OC)c(C)c1. The lowest BCUT2D eigenvalue weighted by molar-refractivity contribution is -0.118. The Morgan fingerprint density at radius 3 is 2.05 bits per heavy atom. The van der Waals surface area contributed by atoms with Crippen molar-refractivity contribution < 1.29 is 14.3 Å². The van der Waals surface area contributed by atoms with Crippen LogP contribution in [0.15, 0.2) is 65.8 Å². The lowest BCUT2D eigenvalue weighted by Crippen LogP contribution is -2.46. The molecule has 1 atom stereocenters. The molecule has 2 N–H and O–H groups in total. The molecule has 1 saturated heterocycles. The van der Waals surface area contributed by atoms with E-state index in [2.05, 4.69) is 49.1 Å². The van der Waals surface area contributed by atoms with Gasteiger partial charge in [-0.2, -0.15) is 0 Å². The number of amides is 1. The number of aryl methyl sites for hydroxylation is 2. The van der Waals surface area contributed by atoms with Crippen LogP contribution in [0.5, 0.6) is 5.75 Å². The zero-order chi connectivity index (χ0) is 26.2. The number of benzene rings is 2. The number of carbonyl (C=O) groups is 1. The van der Waals surface area contributed by atoms with Gasteiger partial charge >= 0.3 is 0 Å². The zero-order valence-electron chi connectivity index (χ0n) is 21.9. The number of aromatic nitrogens is 1. The summed E-state index contributed by atoms with van der Waals surface area (Å²) >= 11 is 1.47. The summed E-state index contributed by atoms with van der Waals surface area (Å²) in [7, 11) is 3.26. The van der Waals surface area contributed by atoms with Crippen molar-refractivity contribution in [3.8, 4) is 5.75 Å². The molecule has 8 nitrogen and oxygen atoms in total. The summed E-state index contributed by atoms with van der Waals surface area (Å²) in [5.41, 5.74) is 5.35. The van der Waals surface area contributed by atoms with Gasteiger partial charge in [0.25, 0.3) is 0 Å². The molecule has 0 aliphatic carbocycles. The van der Waals surface area contributed by atoms with Gasteiger partial charge in [-0.3, -0.25) is 9.78 Å². The average Bonchev–Trinajstić information content (AvgIpc) is 2.92. The van der Waals surface area contributed by atoms with Crippen LogP contribution in [0.1, 0.15) is 17.5 Å². The normalized spacial score (nSPS) is 14.4. The summed E-state index contributed by atoms with van der Waals surface area (Å²) in [6.45, 7) is 7.89. The maximum Gasteiger partial charge on any atom is 0.228 e. The number of methoxy groups -OCH3 is 2. The maximum absolute atomic E-state index is 12.7. The number of hydrogen-bond donors (Lipinski definition) is 2. The van der Waals surface area contributed by atoms with Crippen LogP contribution in [-0.2, 0) is 9.53 Å². The molecule has 0 spiro atoms. The molecule has 37 heavy (non-hydrogen) atoms. The van der Waals surface area contributed by atoms with E-state index >= 15 is 0 Å². The molecular weight excluding hydrogens is 486 g/mol. The van der Waals surface area contributed by atoms with Gasteiger partial charge in [-0.1, -0.05) is 0 Å². The number of ether oxygens (including phenoxy) is 2. The summed E-state index contributed by atoms with van der Waals surface area (Å²) in [4.78, 5) is 22.6. The van der Waals surface area contributed by atoms with Crippen molar-refractivity contribution in [3.05, 3.63) is 72.1 Å². The van der Waals surface area contributed by atoms with Crippen LogP contribution < -0.4 is 24.6 Å². The van der Waals surface area contributed by atoms with Crippen molar-refractivity contribution >= 4 is 34.9 Å². The monoisotopic (exact) mass is 521 g/mol. The minimum atomic E-state index is -0.429. The predicted octanol–water partition coefficient (Wildman–Crippen LogP) is 4.63. The highest BCUT2D eigenvalue weighted by Crippen LogP contribution is 2.29. The molecule has 1 unspecified atom stereocenters. The lowest BCUT2D eigenvalue weighted by Gasteiger charge is -2.37. The minimum absolute atomic E-state index is 0.109. The highest BCUT2D eigenvalue weighted by molar-refractivity contribution is 7.97. The second-order valence-corrected chi connectivity index (χ2v) is 9.86. The van der Waals surface area contributed by atoms with Gasteiger partial charge in [0, 0.05) is 67.6 Å². The molecule has 0 bridgehead atoms. The summed E-state index contributed by atoms with van der Waals surface area (Å²) in [5.74, 6) is 0.724. The standard InChI is InChI=1S/C28H35N5O3S/c1-20-17-25(35-3)18-21(2)28(20)37-31-27(36-4)19-26(34)30-22-5-7-23(8-6-22)32-13-15-33(16-14-32)24-9-11-29-12-10-24/h5-12,17-18,27,31H,13-16,19H2,1-4H3,(H,30,34). The molecule has 196 valence electrons. The van der Waals surface area contributed by atoms with E-state index in [0.29, 0.717) is 0 Å². The van der Waals surface area contributed by atoms with Gasteiger partial charge < -0.3 is 24.6 Å². The van der Waals surface area contributed by atoms with E-state index in [1.54, 1.807) is 14.2 Å². The first kappa shape index (κ1) is 26.8. The fourth-order valence-electron chi connectivity index (χ4n) is 4.40. The number of nitrogens with zero attached hydrogens (tertiary/aromatic N) is 3. The Hall–Kier alpha value is -3.27. The van der Waals surface area contributed by atoms with Gasteiger partial charge in [0.15, 0.2) is 0 Å². The third kappa shape index (κ3) is 7.15. The first-order valence-corrected chi connectivity index (χ1v) is 13.2. The summed E-state index contributed by atoms with van der Waals surface area (Å²) in [6.07, 6.45) is 3.43. The van der Waals surface area contributed by atoms with E-state index < -0.39 is 6.23 Å². The van der Waals surface area contributed by atoms with Crippen molar-refractivity contribution in [2.45, 2.75) is 31.4 Å². The predicted molar refractivity (Wildman–Crippen MR) is 151 cm³/mol. The maximum atomic E-state index is 12.7. The molecule has 1 fully saturated rings. The third-order valence-electron chi connectivity index (χ3n) is 6.44. The third-order valence-corrected chi connectivity index (χ3v) is 7.67. The van der Waals surface area contributed by atoms with Gasteiger partial charge in [-0.15, -0.1) is 0 Å². The molecule has 3 aromatic rings. The van der Waals surface area contributed by atoms with Gasteiger partial charge in [0.05, 0.1) is 13.5 Å². The van der Waals surface area contributed by atoms with Crippen LogP contribution in [0.2, 0.25) is 0 Å². The Morgan fingerprint density at radius 1 is 0.946 bits per heavy atom. The molecule has 0 radical (unpaired) electrons. The largest absolute Gasteiger partial charge is 0.497 e. The number of piperazine rings is 1. The molecule has 1 amide bonds. The second kappa shape index (κ2) is 12.8. The van der Waals surface area contributed by atoms with Crippen LogP contribution in [0.3, 0.4) is 0 Å². The van der Waals surface area contributed by atoms with Crippen molar-refractivity contribution in [1.29, 1.82) is 0 Å². The number of anilines is 3. The molecular formula is C28H35N5O3S. The van der Waals surface area contributed by atoms with Crippen molar-refractivity contribution in [3.63, 3.8) is 0 Å². The smallest absolute Gasteiger partial charge is 0.228 e. The molecule has 4 rings (SSSR count). The fraction of sp³-hybridized carbons (Fsp3) is 0.357. The van der Waals surface area contributed by atoms with E-state index in [0.717, 1.165) is 59.3 Å². The number of carbonyl (C=O) groups excluding carboxylic acids is 1. The van der Waals surface area contributed by atoms with Gasteiger partial charge in [0.1, 0.15) is 12.0 Å². The van der Waals surface area contributed by atoms with E-state index in [-0.39, 0.29) is 12.3 Å². The lowest BCUT2D eigenvalue weighted by atomic mass is 10.1. The van der Waals surface area contributed by atoms with E-state index in [1.165, 1.54) is 17.6 Å². The average molecular weight is 522 g/mol. The Morgan fingerprint density at radius 2 is 1.51 bits per heavy atom. The first-order chi connectivity index (χ1) is 18.0. The summed E-state index contributed by atoms with van der Waals surface area (Å²) in [6, 6.07) is 16.1. The topological polar surface area (TPSA) is 79.0 Å². The number of nitrogens with one attached hydrogen (secondary N) is 2. The number of rotatable bonds is 10. The Labute approximate surface area is 223 Å². The van der Waals surface area contributed by atoms with Crippen LogP contribution in [0.25, 0.3) is 0 Å². The highest BCUT2D eigenvalue weighted by atomic mass is 32.2. The van der Waals surface area contributed by atoms with Gasteiger partial charge in [-0.05, 0) is 85.5 Å². The molecule has 0 saturated carbocycles. The fourth-order valence-corrected chi connectivity index (χ4v) is 5.27. The minimum Gasteiger partial charge on any atom is -0.497 e. The van der Waals surface area contributed by atoms with Gasteiger partial charge in [-0.25, -0.2) is 4.72 Å². The van der Waals surface area contributed by atoms with Crippen molar-refractivity contribution in [1.82, 2.24) is 9.71 Å².